The molecule has 3 rings (SSSR count). The van der Waals surface area contributed by atoms with Gasteiger partial charge in [0.25, 0.3) is 0 Å². The summed E-state index contributed by atoms with van der Waals surface area (Å²) in [5, 5.41) is 3.33. The highest BCUT2D eigenvalue weighted by atomic mass is 16.2. The molecule has 0 aromatic heterocycles. The Morgan fingerprint density at radius 2 is 2.08 bits per heavy atom. The van der Waals surface area contributed by atoms with Crippen LogP contribution >= 0.6 is 0 Å². The molecule has 0 aliphatic carbocycles. The fraction of sp³-hybridized carbons (Fsp3) is 0.579. The minimum absolute atomic E-state index is 0.0539. The topological polar surface area (TPSA) is 52.7 Å². The van der Waals surface area contributed by atoms with Gasteiger partial charge in [0.05, 0.1) is 5.92 Å². The Balaban J connectivity index is 1.71. The van der Waals surface area contributed by atoms with Gasteiger partial charge in [-0.3, -0.25) is 9.59 Å². The minimum Gasteiger partial charge on any atom is -0.338 e. The van der Waals surface area contributed by atoms with Gasteiger partial charge in [-0.15, -0.1) is 0 Å². The number of hydrogen-bond donors (Lipinski definition) is 1. The van der Waals surface area contributed by atoms with E-state index in [1.807, 2.05) is 36.1 Å². The van der Waals surface area contributed by atoms with E-state index in [0.29, 0.717) is 13.0 Å². The molecule has 0 spiro atoms. The highest BCUT2D eigenvalue weighted by molar-refractivity contribution is 6.00. The number of aryl methyl sites for hydroxylation is 1. The van der Waals surface area contributed by atoms with Gasteiger partial charge in [0.1, 0.15) is 0 Å². The molecule has 2 unspecified atom stereocenters. The van der Waals surface area contributed by atoms with Crippen molar-refractivity contribution in [2.24, 2.45) is 5.92 Å². The maximum absolute atomic E-state index is 13.0. The summed E-state index contributed by atoms with van der Waals surface area (Å²) in [6.45, 7) is 7.24. The maximum atomic E-state index is 13.0. The average Bonchev–Trinajstić information content (AvgIpc) is 3.23. The Morgan fingerprint density at radius 3 is 2.71 bits per heavy atom. The molecular weight excluding hydrogens is 302 g/mol. The molecule has 1 aromatic rings. The van der Waals surface area contributed by atoms with Crippen LogP contribution in [0.15, 0.2) is 24.3 Å². The first-order chi connectivity index (χ1) is 11.6. The van der Waals surface area contributed by atoms with Crippen LogP contribution in [0.3, 0.4) is 0 Å². The van der Waals surface area contributed by atoms with Crippen molar-refractivity contribution in [1.82, 2.24) is 10.2 Å². The van der Waals surface area contributed by atoms with Gasteiger partial charge >= 0.3 is 0 Å². The molecule has 0 bridgehead atoms. The summed E-state index contributed by atoms with van der Waals surface area (Å²) >= 11 is 0. The summed E-state index contributed by atoms with van der Waals surface area (Å²) in [7, 11) is 0. The molecule has 1 aromatic carbocycles. The Kier molecular flexibility index (Phi) is 5.19. The molecule has 24 heavy (non-hydrogen) atoms. The fourth-order valence-corrected chi connectivity index (χ4v) is 3.70. The van der Waals surface area contributed by atoms with E-state index in [9.17, 15) is 9.59 Å². The van der Waals surface area contributed by atoms with Crippen LogP contribution in [0, 0.1) is 12.8 Å². The number of benzene rings is 1. The molecule has 2 aliphatic heterocycles. The van der Waals surface area contributed by atoms with Crippen LogP contribution in [0.4, 0.5) is 5.69 Å². The van der Waals surface area contributed by atoms with Crippen LogP contribution in [-0.4, -0.2) is 48.9 Å². The molecule has 130 valence electrons. The zero-order valence-corrected chi connectivity index (χ0v) is 14.6. The van der Waals surface area contributed by atoms with Crippen LogP contribution in [0.2, 0.25) is 0 Å². The Hall–Kier alpha value is -1.88. The van der Waals surface area contributed by atoms with E-state index >= 15 is 0 Å². The van der Waals surface area contributed by atoms with Crippen LogP contribution < -0.4 is 10.2 Å². The molecule has 2 atom stereocenters. The number of nitrogens with zero attached hydrogens (tertiary/aromatic N) is 2. The lowest BCUT2D eigenvalue weighted by atomic mass is 10.0. The minimum atomic E-state index is -0.217. The molecule has 1 N–H and O–H groups in total. The normalized spacial score (nSPS) is 23.8. The van der Waals surface area contributed by atoms with Gasteiger partial charge in [-0.1, -0.05) is 24.6 Å². The molecule has 5 heteroatoms. The third kappa shape index (κ3) is 3.46. The summed E-state index contributed by atoms with van der Waals surface area (Å²) in [5.41, 5.74) is 2.06. The summed E-state index contributed by atoms with van der Waals surface area (Å²) in [6.07, 6.45) is 2.28. The number of rotatable bonds is 5. The number of amides is 2. The van der Waals surface area contributed by atoms with Crippen LogP contribution in [-0.2, 0) is 9.59 Å². The largest absolute Gasteiger partial charge is 0.338 e. The number of hydrogen-bond acceptors (Lipinski definition) is 3. The van der Waals surface area contributed by atoms with Crippen molar-refractivity contribution in [2.45, 2.75) is 39.2 Å². The van der Waals surface area contributed by atoms with E-state index in [4.69, 9.17) is 0 Å². The maximum Gasteiger partial charge on any atom is 0.228 e. The van der Waals surface area contributed by atoms with E-state index in [0.717, 1.165) is 38.2 Å². The fourth-order valence-electron chi connectivity index (χ4n) is 3.70. The van der Waals surface area contributed by atoms with E-state index in [-0.39, 0.29) is 23.8 Å². The van der Waals surface area contributed by atoms with Crippen molar-refractivity contribution in [1.29, 1.82) is 0 Å². The first-order valence-corrected chi connectivity index (χ1v) is 8.98. The van der Waals surface area contributed by atoms with E-state index in [1.54, 1.807) is 4.90 Å². The first-order valence-electron chi connectivity index (χ1n) is 8.98. The molecule has 2 amide bonds. The number of carbonyl (C=O) groups excluding carboxylic acids is 2. The van der Waals surface area contributed by atoms with Crippen molar-refractivity contribution in [3.63, 3.8) is 0 Å². The highest BCUT2D eigenvalue weighted by Crippen LogP contribution is 2.27. The Bertz CT molecular complexity index is 593. The molecule has 5 nitrogen and oxygen atoms in total. The van der Waals surface area contributed by atoms with Gasteiger partial charge in [-0.05, 0) is 38.4 Å². The molecule has 0 radical (unpaired) electrons. The van der Waals surface area contributed by atoms with E-state index in [1.165, 1.54) is 5.56 Å². The predicted octanol–water partition coefficient (Wildman–Crippen LogP) is 1.95. The molecular formula is C19H27N3O2. The third-order valence-corrected chi connectivity index (χ3v) is 5.04. The van der Waals surface area contributed by atoms with Crippen molar-refractivity contribution < 1.29 is 9.59 Å². The molecule has 2 heterocycles. The Labute approximate surface area is 144 Å². The summed E-state index contributed by atoms with van der Waals surface area (Å²) < 4.78 is 0. The second-order valence-electron chi connectivity index (χ2n) is 6.92. The first kappa shape index (κ1) is 17.0. The number of anilines is 1. The van der Waals surface area contributed by atoms with Crippen molar-refractivity contribution in [3.05, 3.63) is 29.8 Å². The van der Waals surface area contributed by atoms with Gasteiger partial charge in [-0.25, -0.2) is 0 Å². The molecule has 2 aliphatic rings. The molecule has 2 fully saturated rings. The predicted molar refractivity (Wildman–Crippen MR) is 94.9 cm³/mol. The van der Waals surface area contributed by atoms with E-state index < -0.39 is 0 Å². The van der Waals surface area contributed by atoms with Gasteiger partial charge in [0.2, 0.25) is 11.8 Å². The van der Waals surface area contributed by atoms with Gasteiger partial charge in [0, 0.05) is 37.8 Å². The van der Waals surface area contributed by atoms with Crippen LogP contribution in [0.25, 0.3) is 0 Å². The number of nitrogens with one attached hydrogen (secondary N) is 1. The standard InChI is InChI=1S/C19H27N3O2/c1-3-10-21(17-8-9-20-12-17)19(24)15-11-18(23)22(13-15)16-6-4-14(2)5-7-16/h4-7,15,17,20H,3,8-13H2,1-2H3. The van der Waals surface area contributed by atoms with E-state index in [2.05, 4.69) is 12.2 Å². The zero-order chi connectivity index (χ0) is 17.1. The lowest BCUT2D eigenvalue weighted by Crippen LogP contribution is -2.45. The van der Waals surface area contributed by atoms with Gasteiger partial charge in [0.15, 0.2) is 0 Å². The van der Waals surface area contributed by atoms with Crippen molar-refractivity contribution in [2.75, 3.05) is 31.1 Å². The lowest BCUT2D eigenvalue weighted by Gasteiger charge is -2.30. The quantitative estimate of drug-likeness (QED) is 0.898. The third-order valence-electron chi connectivity index (χ3n) is 5.04. The van der Waals surface area contributed by atoms with Crippen LogP contribution in [0.5, 0.6) is 0 Å². The lowest BCUT2D eigenvalue weighted by molar-refractivity contribution is -0.137. The second kappa shape index (κ2) is 7.34. The second-order valence-corrected chi connectivity index (χ2v) is 6.92. The van der Waals surface area contributed by atoms with Crippen LogP contribution in [0.1, 0.15) is 31.7 Å². The van der Waals surface area contributed by atoms with Crippen molar-refractivity contribution >= 4 is 17.5 Å². The smallest absolute Gasteiger partial charge is 0.228 e. The molecule has 2 saturated heterocycles. The van der Waals surface area contributed by atoms with Gasteiger partial charge < -0.3 is 15.1 Å². The Morgan fingerprint density at radius 1 is 1.33 bits per heavy atom. The zero-order valence-electron chi connectivity index (χ0n) is 14.6. The molecule has 0 saturated carbocycles. The summed E-state index contributed by atoms with van der Waals surface area (Å²) in [5.74, 6) is -0.0161. The van der Waals surface area contributed by atoms with Crippen molar-refractivity contribution in [3.8, 4) is 0 Å². The SMILES string of the molecule is CCCN(C(=O)C1CC(=O)N(c2ccc(C)cc2)C1)C1CCNC1. The average molecular weight is 329 g/mol. The number of carbonyl (C=O) groups is 2. The summed E-state index contributed by atoms with van der Waals surface area (Å²) in [4.78, 5) is 29.2. The van der Waals surface area contributed by atoms with Gasteiger partial charge in [-0.2, -0.15) is 0 Å². The monoisotopic (exact) mass is 329 g/mol. The summed E-state index contributed by atoms with van der Waals surface area (Å²) in [6, 6.07) is 8.22. The highest BCUT2D eigenvalue weighted by Gasteiger charge is 2.39.